The average Bonchev–Trinajstić information content (AvgIpc) is 3.14. The van der Waals surface area contributed by atoms with Gasteiger partial charge in [-0.25, -0.2) is 13.4 Å². The molecule has 0 saturated heterocycles. The van der Waals surface area contributed by atoms with E-state index in [0.717, 1.165) is 29.0 Å². The van der Waals surface area contributed by atoms with Crippen molar-refractivity contribution in [2.45, 2.75) is 38.1 Å². The van der Waals surface area contributed by atoms with Gasteiger partial charge in [0.05, 0.1) is 12.3 Å². The third-order valence-electron chi connectivity index (χ3n) is 3.56. The highest BCUT2D eigenvalue weighted by atomic mass is 32.2. The minimum atomic E-state index is -3.30. The van der Waals surface area contributed by atoms with Gasteiger partial charge in [0, 0.05) is 17.6 Å². The second-order valence-corrected chi connectivity index (χ2v) is 8.34. The summed E-state index contributed by atoms with van der Waals surface area (Å²) in [6, 6.07) is 7.84. The molecule has 6 heteroatoms. The van der Waals surface area contributed by atoms with Crippen LogP contribution in [0.1, 0.15) is 29.0 Å². The summed E-state index contributed by atoms with van der Waals surface area (Å²) in [4.78, 5) is 4.21. The van der Waals surface area contributed by atoms with Crippen molar-refractivity contribution in [2.75, 3.05) is 0 Å². The number of hydrogen-bond donors (Lipinski definition) is 0. The molecular formula is C15H18N2O2S2. The first-order valence-corrected chi connectivity index (χ1v) is 9.47. The van der Waals surface area contributed by atoms with E-state index in [0.29, 0.717) is 6.54 Å². The smallest absolute Gasteiger partial charge is 0.218 e. The zero-order chi connectivity index (χ0) is 14.9. The van der Waals surface area contributed by atoms with E-state index in [9.17, 15) is 8.42 Å². The van der Waals surface area contributed by atoms with Crippen LogP contribution in [0, 0.1) is 6.92 Å². The number of nitrogens with zero attached hydrogens (tertiary/aromatic N) is 2. The van der Waals surface area contributed by atoms with Gasteiger partial charge >= 0.3 is 0 Å². The van der Waals surface area contributed by atoms with Crippen LogP contribution in [-0.2, 0) is 22.3 Å². The van der Waals surface area contributed by atoms with Crippen molar-refractivity contribution < 1.29 is 8.42 Å². The van der Waals surface area contributed by atoms with E-state index in [4.69, 9.17) is 0 Å². The lowest BCUT2D eigenvalue weighted by atomic mass is 10.2. The zero-order valence-electron chi connectivity index (χ0n) is 11.9. The summed E-state index contributed by atoms with van der Waals surface area (Å²) < 4.78 is 27.0. The Morgan fingerprint density at radius 1 is 1.29 bits per heavy atom. The highest BCUT2D eigenvalue weighted by Gasteiger charge is 2.37. The lowest BCUT2D eigenvalue weighted by Crippen LogP contribution is -2.33. The Labute approximate surface area is 129 Å². The maximum Gasteiger partial charge on any atom is 0.218 e. The Bertz CT molecular complexity index is 690. The molecule has 2 aromatic rings. The van der Waals surface area contributed by atoms with Gasteiger partial charge in [-0.1, -0.05) is 29.8 Å². The Morgan fingerprint density at radius 3 is 2.57 bits per heavy atom. The largest absolute Gasteiger partial charge is 0.248 e. The minimum absolute atomic E-state index is 0.0646. The van der Waals surface area contributed by atoms with Crippen LogP contribution in [-0.4, -0.2) is 23.7 Å². The van der Waals surface area contributed by atoms with Crippen LogP contribution in [0.5, 0.6) is 0 Å². The second kappa shape index (κ2) is 5.87. The van der Waals surface area contributed by atoms with E-state index in [1.54, 1.807) is 10.5 Å². The van der Waals surface area contributed by atoms with Gasteiger partial charge in [0.1, 0.15) is 5.01 Å². The second-order valence-electron chi connectivity index (χ2n) is 5.44. The predicted octanol–water partition coefficient (Wildman–Crippen LogP) is 2.95. The quantitative estimate of drug-likeness (QED) is 0.821. The molecule has 3 rings (SSSR count). The lowest BCUT2D eigenvalue weighted by molar-refractivity contribution is 0.397. The van der Waals surface area contributed by atoms with Gasteiger partial charge in [-0.3, -0.25) is 0 Å². The van der Waals surface area contributed by atoms with Crippen molar-refractivity contribution in [3.63, 3.8) is 0 Å². The van der Waals surface area contributed by atoms with E-state index >= 15 is 0 Å². The number of rotatable bonds is 6. The molecule has 1 aromatic heterocycles. The highest BCUT2D eigenvalue weighted by molar-refractivity contribution is 7.88. The van der Waals surface area contributed by atoms with Crippen LogP contribution < -0.4 is 0 Å². The van der Waals surface area contributed by atoms with Gasteiger partial charge in [-0.05, 0) is 25.3 Å². The van der Waals surface area contributed by atoms with Crippen LogP contribution in [0.4, 0.5) is 0 Å². The van der Waals surface area contributed by atoms with E-state index in [2.05, 4.69) is 4.98 Å². The van der Waals surface area contributed by atoms with Crippen molar-refractivity contribution in [1.29, 1.82) is 0 Å². The van der Waals surface area contributed by atoms with Crippen LogP contribution in [0.3, 0.4) is 0 Å². The molecule has 0 amide bonds. The molecule has 0 atom stereocenters. The molecule has 21 heavy (non-hydrogen) atoms. The molecule has 0 aliphatic heterocycles. The zero-order valence-corrected chi connectivity index (χ0v) is 13.5. The Balaban J connectivity index is 1.78. The van der Waals surface area contributed by atoms with Crippen LogP contribution >= 0.6 is 11.3 Å². The standard InChI is InChI=1S/C15H18N2O2S2/c1-12-2-4-13(5-3-12)11-21(18,19)17(14-6-7-14)10-15-16-8-9-20-15/h2-5,8-9,14H,6-7,10-11H2,1H3. The third kappa shape index (κ3) is 3.70. The van der Waals surface area contributed by atoms with Gasteiger partial charge < -0.3 is 0 Å². The SMILES string of the molecule is Cc1ccc(CS(=O)(=O)N(Cc2nccs2)C2CC2)cc1. The van der Waals surface area contributed by atoms with E-state index in [1.807, 2.05) is 36.6 Å². The van der Waals surface area contributed by atoms with Crippen molar-refractivity contribution in [3.05, 3.63) is 52.0 Å². The van der Waals surface area contributed by atoms with Gasteiger partial charge in [0.15, 0.2) is 0 Å². The van der Waals surface area contributed by atoms with E-state index in [1.165, 1.54) is 11.3 Å². The van der Waals surface area contributed by atoms with E-state index < -0.39 is 10.0 Å². The van der Waals surface area contributed by atoms with Crippen molar-refractivity contribution >= 4 is 21.4 Å². The van der Waals surface area contributed by atoms with Gasteiger partial charge in [0.25, 0.3) is 0 Å². The number of sulfonamides is 1. The summed E-state index contributed by atoms with van der Waals surface area (Å²) in [5, 5.41) is 2.74. The Morgan fingerprint density at radius 2 is 2.00 bits per heavy atom. The lowest BCUT2D eigenvalue weighted by Gasteiger charge is -2.20. The summed E-state index contributed by atoms with van der Waals surface area (Å²) in [6.07, 6.45) is 3.63. The molecule has 0 bridgehead atoms. The molecule has 1 aliphatic carbocycles. The van der Waals surface area contributed by atoms with Gasteiger partial charge in [0.2, 0.25) is 10.0 Å². The number of aromatic nitrogens is 1. The maximum absolute atomic E-state index is 12.7. The molecule has 1 fully saturated rings. The number of thiazole rings is 1. The Kier molecular flexibility index (Phi) is 4.10. The number of benzene rings is 1. The fraction of sp³-hybridized carbons (Fsp3) is 0.400. The van der Waals surface area contributed by atoms with Crippen molar-refractivity contribution in [3.8, 4) is 0 Å². The van der Waals surface area contributed by atoms with E-state index in [-0.39, 0.29) is 11.8 Å². The molecule has 112 valence electrons. The first kappa shape index (κ1) is 14.7. The van der Waals surface area contributed by atoms with Crippen molar-refractivity contribution in [2.24, 2.45) is 0 Å². The fourth-order valence-corrected chi connectivity index (χ4v) is 4.72. The molecule has 4 nitrogen and oxygen atoms in total. The minimum Gasteiger partial charge on any atom is -0.248 e. The molecule has 0 spiro atoms. The molecule has 1 aliphatic rings. The summed E-state index contributed by atoms with van der Waals surface area (Å²) in [5.41, 5.74) is 1.98. The third-order valence-corrected chi connectivity index (χ3v) is 6.16. The van der Waals surface area contributed by atoms with Crippen LogP contribution in [0.15, 0.2) is 35.8 Å². The monoisotopic (exact) mass is 322 g/mol. The molecular weight excluding hydrogens is 304 g/mol. The molecule has 0 N–H and O–H groups in total. The van der Waals surface area contributed by atoms with Crippen molar-refractivity contribution in [1.82, 2.24) is 9.29 Å². The molecule has 1 aromatic carbocycles. The predicted molar refractivity (Wildman–Crippen MR) is 84.5 cm³/mol. The summed E-state index contributed by atoms with van der Waals surface area (Å²) in [5.74, 6) is 0.0646. The molecule has 1 heterocycles. The Hall–Kier alpha value is -1.24. The van der Waals surface area contributed by atoms with Crippen LogP contribution in [0.25, 0.3) is 0 Å². The van der Waals surface area contributed by atoms with Crippen LogP contribution in [0.2, 0.25) is 0 Å². The van der Waals surface area contributed by atoms with Gasteiger partial charge in [-0.2, -0.15) is 4.31 Å². The first-order valence-electron chi connectivity index (χ1n) is 6.98. The number of aryl methyl sites for hydroxylation is 1. The topological polar surface area (TPSA) is 50.3 Å². The summed E-state index contributed by atoms with van der Waals surface area (Å²) in [7, 11) is -3.30. The molecule has 0 unspecified atom stereocenters. The molecule has 1 saturated carbocycles. The maximum atomic E-state index is 12.7. The number of hydrogen-bond acceptors (Lipinski definition) is 4. The highest BCUT2D eigenvalue weighted by Crippen LogP contribution is 2.32. The summed E-state index contributed by atoms with van der Waals surface area (Å²) >= 11 is 1.50. The molecule has 0 radical (unpaired) electrons. The van der Waals surface area contributed by atoms with Gasteiger partial charge in [-0.15, -0.1) is 11.3 Å². The first-order chi connectivity index (χ1) is 10.0. The normalized spacial score (nSPS) is 15.5. The average molecular weight is 322 g/mol. The summed E-state index contributed by atoms with van der Waals surface area (Å²) in [6.45, 7) is 2.40. The fourth-order valence-electron chi connectivity index (χ4n) is 2.26.